The van der Waals surface area contributed by atoms with Crippen molar-refractivity contribution in [2.24, 2.45) is 0 Å². The molecule has 34 heavy (non-hydrogen) atoms. The van der Waals surface area contributed by atoms with Crippen LogP contribution in [0, 0.1) is 0 Å². The van der Waals surface area contributed by atoms with Crippen LogP contribution in [0.5, 0.6) is 0 Å². The summed E-state index contributed by atoms with van der Waals surface area (Å²) in [4.78, 5) is 35.5. The highest BCUT2D eigenvalue weighted by molar-refractivity contribution is 7.99. The van der Waals surface area contributed by atoms with Crippen LogP contribution < -0.4 is 10.8 Å². The van der Waals surface area contributed by atoms with Gasteiger partial charge in [-0.3, -0.25) is 4.79 Å². The molecule has 0 bridgehead atoms. The Morgan fingerprint density at radius 3 is 2.18 bits per heavy atom. The van der Waals surface area contributed by atoms with Crippen LogP contribution in [0.25, 0.3) is 0 Å². The lowest BCUT2D eigenvalue weighted by atomic mass is 9.81. The zero-order valence-electron chi connectivity index (χ0n) is 21.5. The largest absolute Gasteiger partial charge is 0.498 e. The number of likely N-dealkylation sites (tertiary alicyclic amines) is 1. The predicted octanol–water partition coefficient (Wildman–Crippen LogP) is 2.77. The van der Waals surface area contributed by atoms with Gasteiger partial charge in [-0.25, -0.2) is 14.8 Å². The molecule has 2 aliphatic heterocycles. The van der Waals surface area contributed by atoms with Crippen LogP contribution in [0.1, 0.15) is 68.2 Å². The lowest BCUT2D eigenvalue weighted by molar-refractivity contribution is -0.133. The quantitative estimate of drug-likeness (QED) is 0.495. The number of amides is 2. The maximum Gasteiger partial charge on any atom is 0.498 e. The molecule has 2 saturated heterocycles. The lowest BCUT2D eigenvalue weighted by Gasteiger charge is -2.33. The normalized spacial score (nSPS) is 21.3. The van der Waals surface area contributed by atoms with E-state index in [-0.39, 0.29) is 5.91 Å². The van der Waals surface area contributed by atoms with Crippen LogP contribution in [0.4, 0.5) is 4.79 Å². The van der Waals surface area contributed by atoms with Crippen LogP contribution in [0.3, 0.4) is 0 Å². The molecule has 9 nitrogen and oxygen atoms in total. The number of piperidine rings is 1. The summed E-state index contributed by atoms with van der Waals surface area (Å²) in [5, 5.41) is 3.64. The highest BCUT2D eigenvalue weighted by atomic mass is 32.2. The molecule has 2 fully saturated rings. The minimum atomic E-state index is -0.634. The van der Waals surface area contributed by atoms with Crippen molar-refractivity contribution in [3.05, 3.63) is 12.4 Å². The van der Waals surface area contributed by atoms with Gasteiger partial charge in [0, 0.05) is 36.2 Å². The van der Waals surface area contributed by atoms with Gasteiger partial charge in [0.15, 0.2) is 5.16 Å². The molecule has 0 unspecified atom stereocenters. The molecule has 0 saturated carbocycles. The third kappa shape index (κ3) is 6.63. The molecule has 3 heterocycles. The molecule has 11 heteroatoms. The van der Waals surface area contributed by atoms with Crippen molar-refractivity contribution in [3.63, 3.8) is 0 Å². The fraction of sp³-hybridized carbons (Fsp3) is 0.739. The number of carbonyl (C=O) groups is 2. The first-order chi connectivity index (χ1) is 15.7. The van der Waals surface area contributed by atoms with Crippen molar-refractivity contribution in [2.75, 3.05) is 13.1 Å². The van der Waals surface area contributed by atoms with E-state index in [9.17, 15) is 9.59 Å². The van der Waals surface area contributed by atoms with Gasteiger partial charge in [-0.15, -0.1) is 0 Å². The second kappa shape index (κ2) is 10.0. The zero-order valence-corrected chi connectivity index (χ0v) is 22.3. The number of hydrogen-bond donors (Lipinski definition) is 1. The first-order valence-corrected chi connectivity index (χ1v) is 12.7. The van der Waals surface area contributed by atoms with E-state index in [2.05, 4.69) is 15.3 Å². The van der Waals surface area contributed by atoms with Gasteiger partial charge in [0.2, 0.25) is 5.91 Å². The molecule has 2 aliphatic rings. The second-order valence-corrected chi connectivity index (χ2v) is 12.2. The summed E-state index contributed by atoms with van der Waals surface area (Å²) < 4.78 is 17.4. The Kier molecular flexibility index (Phi) is 7.89. The first kappa shape index (κ1) is 26.8. The number of alkyl carbamates (subject to hydrolysis) is 1. The van der Waals surface area contributed by atoms with E-state index in [0.717, 1.165) is 18.3 Å². The molecule has 3 rings (SSSR count). The molecule has 2 amide bonds. The minimum absolute atomic E-state index is 0.0997. The summed E-state index contributed by atoms with van der Waals surface area (Å²) in [5.74, 6) is -0.0997. The third-order valence-electron chi connectivity index (χ3n) is 6.30. The summed E-state index contributed by atoms with van der Waals surface area (Å²) in [5.41, 5.74) is -0.616. The molecule has 0 spiro atoms. The third-order valence-corrected chi connectivity index (χ3v) is 7.53. The van der Waals surface area contributed by atoms with Crippen molar-refractivity contribution in [1.82, 2.24) is 20.2 Å². The smallest absolute Gasteiger partial charge is 0.444 e. The molecule has 1 aromatic heterocycles. The molecule has 0 aliphatic carbocycles. The van der Waals surface area contributed by atoms with E-state index in [1.165, 1.54) is 0 Å². The number of thioether (sulfide) groups is 1. The summed E-state index contributed by atoms with van der Waals surface area (Å²) in [6.45, 7) is 16.4. The van der Waals surface area contributed by atoms with E-state index in [1.807, 2.05) is 27.7 Å². The van der Waals surface area contributed by atoms with Gasteiger partial charge in [-0.1, -0.05) is 11.8 Å². The molecule has 0 radical (unpaired) electrons. The van der Waals surface area contributed by atoms with E-state index < -0.39 is 36.1 Å². The summed E-state index contributed by atoms with van der Waals surface area (Å²) in [7, 11) is -0.477. The van der Waals surface area contributed by atoms with Crippen molar-refractivity contribution >= 4 is 36.3 Å². The van der Waals surface area contributed by atoms with Crippen LogP contribution >= 0.6 is 11.8 Å². The van der Waals surface area contributed by atoms with Crippen LogP contribution in [0.15, 0.2) is 17.6 Å². The Labute approximate surface area is 207 Å². The number of aromatic nitrogens is 2. The minimum Gasteiger partial charge on any atom is -0.444 e. The Morgan fingerprint density at radius 2 is 1.68 bits per heavy atom. The topological polar surface area (TPSA) is 103 Å². The zero-order chi connectivity index (χ0) is 25.3. The fourth-order valence-electron chi connectivity index (χ4n) is 3.65. The van der Waals surface area contributed by atoms with Crippen LogP contribution in [-0.4, -0.2) is 75.2 Å². The van der Waals surface area contributed by atoms with Crippen LogP contribution in [0.2, 0.25) is 0 Å². The average Bonchev–Trinajstić information content (AvgIpc) is 2.94. The summed E-state index contributed by atoms with van der Waals surface area (Å²) >= 11 is 1.62. The van der Waals surface area contributed by atoms with Gasteiger partial charge in [-0.2, -0.15) is 0 Å². The van der Waals surface area contributed by atoms with E-state index in [0.29, 0.717) is 23.5 Å². The lowest BCUT2D eigenvalue weighted by Crippen LogP contribution is -2.50. The van der Waals surface area contributed by atoms with Crippen molar-refractivity contribution in [1.29, 1.82) is 0 Å². The number of hydrogen-bond acceptors (Lipinski definition) is 8. The van der Waals surface area contributed by atoms with Gasteiger partial charge < -0.3 is 24.3 Å². The molecule has 1 N–H and O–H groups in total. The van der Waals surface area contributed by atoms with Crippen molar-refractivity contribution in [2.45, 2.75) is 101 Å². The Morgan fingerprint density at radius 1 is 1.15 bits per heavy atom. The van der Waals surface area contributed by atoms with Gasteiger partial charge in [0.25, 0.3) is 0 Å². The predicted molar refractivity (Wildman–Crippen MR) is 132 cm³/mol. The van der Waals surface area contributed by atoms with E-state index in [4.69, 9.17) is 14.0 Å². The first-order valence-electron chi connectivity index (χ1n) is 11.8. The number of rotatable bonds is 5. The fourth-order valence-corrected chi connectivity index (χ4v) is 4.62. The molecule has 188 valence electrons. The van der Waals surface area contributed by atoms with Crippen molar-refractivity contribution in [3.8, 4) is 0 Å². The SMILES string of the molecule is C[C@H](NC(=O)OC(C)(C)C)C(=O)N1CCC(Sc2ncc(B3OC(C)(C)C(C)(C)O3)cn2)CC1. The van der Waals surface area contributed by atoms with Gasteiger partial charge in [-0.05, 0) is 68.2 Å². The van der Waals surface area contributed by atoms with E-state index in [1.54, 1.807) is 56.8 Å². The monoisotopic (exact) mass is 492 g/mol. The van der Waals surface area contributed by atoms with E-state index >= 15 is 0 Å². The maximum atomic E-state index is 12.7. The van der Waals surface area contributed by atoms with Gasteiger partial charge in [0.05, 0.1) is 11.2 Å². The summed E-state index contributed by atoms with van der Waals surface area (Å²) in [6.07, 6.45) is 4.61. The number of nitrogens with one attached hydrogen (secondary N) is 1. The molecule has 1 atom stereocenters. The highest BCUT2D eigenvalue weighted by Crippen LogP contribution is 2.36. The van der Waals surface area contributed by atoms with Crippen molar-refractivity contribution < 1.29 is 23.6 Å². The maximum absolute atomic E-state index is 12.7. The second-order valence-electron chi connectivity index (χ2n) is 10.9. The molecule has 1 aromatic rings. The number of nitrogens with zero attached hydrogens (tertiary/aromatic N) is 3. The Bertz CT molecular complexity index is 866. The Balaban J connectivity index is 1.46. The summed E-state index contributed by atoms with van der Waals surface area (Å²) in [6, 6.07) is -0.634. The number of ether oxygens (including phenoxy) is 1. The van der Waals surface area contributed by atoms with Crippen LogP contribution in [-0.2, 0) is 18.8 Å². The highest BCUT2D eigenvalue weighted by Gasteiger charge is 2.52. The van der Waals surface area contributed by atoms with Gasteiger partial charge in [0.1, 0.15) is 11.6 Å². The molecule has 0 aromatic carbocycles. The Hall–Kier alpha value is -1.85. The standard InChI is InChI=1S/C23H37BN4O5S/c1-15(27-20(30)31-21(2,3)4)18(29)28-11-9-17(10-12-28)34-19-25-13-16(14-26-19)24-32-22(5,6)23(7,8)33-24/h13-15,17H,9-12H2,1-8H3,(H,27,30)/t15-/m0/s1. The number of carbonyl (C=O) groups excluding carboxylic acids is 2. The molecular formula is C23H37BN4O5S. The van der Waals surface area contributed by atoms with Gasteiger partial charge >= 0.3 is 13.2 Å². The average molecular weight is 492 g/mol. The molecular weight excluding hydrogens is 455 g/mol.